The average Bonchev–Trinajstić information content (AvgIpc) is 3.56. The van der Waals surface area contributed by atoms with E-state index in [1.807, 2.05) is 24.3 Å². The smallest absolute Gasteiger partial charge is 0.264 e. The average molecular weight is 436 g/mol. The molecule has 0 aliphatic heterocycles. The molecule has 0 radical (unpaired) electrons. The number of pyridine rings is 2. The summed E-state index contributed by atoms with van der Waals surface area (Å²) < 4.78 is 3.24. The van der Waals surface area contributed by atoms with Crippen LogP contribution >= 0.6 is 0 Å². The summed E-state index contributed by atoms with van der Waals surface area (Å²) in [6.45, 7) is 0. The molecular formula is C28H12N4O2. The molecule has 0 amide bonds. The Kier molecular flexibility index (Phi) is 2.56. The summed E-state index contributed by atoms with van der Waals surface area (Å²) in [5.41, 5.74) is 1.23. The molecule has 0 unspecified atom stereocenters. The van der Waals surface area contributed by atoms with Gasteiger partial charge in [-0.05, 0) is 56.6 Å². The van der Waals surface area contributed by atoms with Crippen molar-refractivity contribution in [1.29, 1.82) is 0 Å². The number of fused-ring (bicyclic) bond motifs is 6. The highest BCUT2D eigenvalue weighted by Gasteiger charge is 2.21. The summed E-state index contributed by atoms with van der Waals surface area (Å²) in [6.07, 6.45) is 6.78. The largest absolute Gasteiger partial charge is 0.268 e. The molecule has 0 bridgehead atoms. The maximum Gasteiger partial charge on any atom is 0.264 e. The highest BCUT2D eigenvalue weighted by molar-refractivity contribution is 6.40. The Morgan fingerprint density at radius 2 is 0.765 bits per heavy atom. The first-order chi connectivity index (χ1) is 16.7. The van der Waals surface area contributed by atoms with Crippen molar-refractivity contribution in [2.45, 2.75) is 0 Å². The maximum atomic E-state index is 13.3. The summed E-state index contributed by atoms with van der Waals surface area (Å²) in [6, 6.07) is 16.3. The Balaban J connectivity index is 1.66. The molecule has 0 aliphatic rings. The predicted molar refractivity (Wildman–Crippen MR) is 135 cm³/mol. The molecule has 0 atom stereocenters. The van der Waals surface area contributed by atoms with E-state index in [-0.39, 0.29) is 11.1 Å². The molecule has 5 aromatic carbocycles. The number of imidazole rings is 2. The van der Waals surface area contributed by atoms with E-state index in [9.17, 15) is 9.59 Å². The third-order valence-corrected chi connectivity index (χ3v) is 7.56. The Morgan fingerprint density at radius 3 is 1.18 bits per heavy atom. The van der Waals surface area contributed by atoms with Crippen LogP contribution in [0, 0.1) is 0 Å². The molecule has 0 aliphatic carbocycles. The van der Waals surface area contributed by atoms with Crippen LogP contribution < -0.4 is 11.1 Å². The SMILES string of the molecule is O=c1c2ccc3c4ccc5c6c(ccc(c7ccc(c2c37)c2nccn12)c46)c(=O)n1ccnc51. The number of benzene rings is 5. The third-order valence-electron chi connectivity index (χ3n) is 7.56. The Hall–Kier alpha value is -4.84. The van der Waals surface area contributed by atoms with Crippen LogP contribution in [0.5, 0.6) is 0 Å². The van der Waals surface area contributed by atoms with Gasteiger partial charge in [0.2, 0.25) is 0 Å². The Morgan fingerprint density at radius 1 is 0.441 bits per heavy atom. The van der Waals surface area contributed by atoms with Crippen LogP contribution in [0.2, 0.25) is 0 Å². The fraction of sp³-hybridized carbons (Fsp3) is 0. The summed E-state index contributed by atoms with van der Waals surface area (Å²) in [5, 5.41) is 11.6. The van der Waals surface area contributed by atoms with Crippen molar-refractivity contribution >= 4 is 75.9 Å². The lowest BCUT2D eigenvalue weighted by atomic mass is 9.86. The molecule has 34 heavy (non-hydrogen) atoms. The predicted octanol–water partition coefficient (Wildman–Crippen LogP) is 4.94. The van der Waals surface area contributed by atoms with Gasteiger partial charge in [0.25, 0.3) is 11.1 Å². The van der Waals surface area contributed by atoms with Gasteiger partial charge in [-0.3, -0.25) is 18.4 Å². The zero-order valence-corrected chi connectivity index (χ0v) is 17.5. The third kappa shape index (κ3) is 1.62. The van der Waals surface area contributed by atoms with Gasteiger partial charge in [0.05, 0.1) is 0 Å². The standard InChI is InChI=1S/C28H12N4O2/c33-27-19-8-4-16-14-2-6-18-24-20(28(34)32-12-10-30-26(18)32)7-3-15(22(14)24)13-1-5-17(23(19)21(13)16)25-29-9-11-31(25)27/h1-12H. The van der Waals surface area contributed by atoms with Crippen molar-refractivity contribution < 1.29 is 0 Å². The van der Waals surface area contributed by atoms with Crippen LogP contribution in [-0.4, -0.2) is 18.8 Å². The van der Waals surface area contributed by atoms with E-state index in [2.05, 4.69) is 34.2 Å². The van der Waals surface area contributed by atoms with Crippen molar-refractivity contribution in [2.24, 2.45) is 0 Å². The van der Waals surface area contributed by atoms with Crippen LogP contribution in [0.4, 0.5) is 0 Å². The van der Waals surface area contributed by atoms with Gasteiger partial charge < -0.3 is 0 Å². The normalized spacial score (nSPS) is 12.9. The number of aromatic nitrogens is 4. The molecule has 156 valence electrons. The second-order valence-corrected chi connectivity index (χ2v) is 8.99. The first-order valence-corrected chi connectivity index (χ1v) is 11.1. The quantitative estimate of drug-likeness (QED) is 0.250. The molecule has 0 N–H and O–H groups in total. The van der Waals surface area contributed by atoms with Crippen LogP contribution in [0.15, 0.2) is 82.9 Å². The summed E-state index contributed by atoms with van der Waals surface area (Å²) >= 11 is 0. The van der Waals surface area contributed by atoms with Crippen LogP contribution in [0.1, 0.15) is 0 Å². The zero-order chi connectivity index (χ0) is 22.3. The van der Waals surface area contributed by atoms with Crippen molar-refractivity contribution in [3.63, 3.8) is 0 Å². The van der Waals surface area contributed by atoms with Gasteiger partial charge in [0, 0.05) is 57.1 Å². The summed E-state index contributed by atoms with van der Waals surface area (Å²) in [5.74, 6) is 0. The van der Waals surface area contributed by atoms with Gasteiger partial charge in [0.15, 0.2) is 0 Å². The topological polar surface area (TPSA) is 68.7 Å². The molecule has 0 saturated heterocycles. The van der Waals surface area contributed by atoms with Crippen LogP contribution in [0.3, 0.4) is 0 Å². The zero-order valence-electron chi connectivity index (χ0n) is 17.5. The Bertz CT molecular complexity index is 2240. The van der Waals surface area contributed by atoms with Crippen molar-refractivity contribution in [3.8, 4) is 0 Å². The molecule has 0 fully saturated rings. The van der Waals surface area contributed by atoms with Gasteiger partial charge in [-0.15, -0.1) is 0 Å². The minimum atomic E-state index is -0.0582. The van der Waals surface area contributed by atoms with E-state index in [0.29, 0.717) is 22.1 Å². The van der Waals surface area contributed by atoms with Gasteiger partial charge in [-0.2, -0.15) is 0 Å². The summed E-state index contributed by atoms with van der Waals surface area (Å²) in [4.78, 5) is 35.5. The number of hydrogen-bond acceptors (Lipinski definition) is 4. The van der Waals surface area contributed by atoms with E-state index >= 15 is 0 Å². The van der Waals surface area contributed by atoms with Gasteiger partial charge >= 0.3 is 0 Å². The number of rotatable bonds is 0. The lowest BCUT2D eigenvalue weighted by Crippen LogP contribution is -2.13. The minimum absolute atomic E-state index is 0.0582. The van der Waals surface area contributed by atoms with E-state index < -0.39 is 0 Å². The molecule has 0 spiro atoms. The number of nitrogens with zero attached hydrogens (tertiary/aromatic N) is 4. The van der Waals surface area contributed by atoms with Gasteiger partial charge in [-0.1, -0.05) is 24.3 Å². The fourth-order valence-corrected chi connectivity index (χ4v) is 6.21. The second kappa shape index (κ2) is 5.21. The molecule has 9 aromatic rings. The Labute approximate surface area is 188 Å². The van der Waals surface area contributed by atoms with Crippen molar-refractivity contribution in [3.05, 3.63) is 94.0 Å². The number of hydrogen-bond donors (Lipinski definition) is 0. The first kappa shape index (κ1) is 16.7. The van der Waals surface area contributed by atoms with Crippen molar-refractivity contribution in [1.82, 2.24) is 18.8 Å². The highest BCUT2D eigenvalue weighted by atomic mass is 16.1. The molecule has 4 heterocycles. The molecule has 4 aromatic heterocycles. The van der Waals surface area contributed by atoms with Crippen LogP contribution in [0.25, 0.3) is 75.9 Å². The van der Waals surface area contributed by atoms with Crippen molar-refractivity contribution in [2.75, 3.05) is 0 Å². The molecule has 6 heteroatoms. The van der Waals surface area contributed by atoms with Gasteiger partial charge in [-0.25, -0.2) is 9.97 Å². The second-order valence-electron chi connectivity index (χ2n) is 8.99. The maximum absolute atomic E-state index is 13.3. The molecule has 9 rings (SSSR count). The van der Waals surface area contributed by atoms with Crippen LogP contribution in [-0.2, 0) is 0 Å². The lowest BCUT2D eigenvalue weighted by Gasteiger charge is -2.18. The molecular weight excluding hydrogens is 424 g/mol. The van der Waals surface area contributed by atoms with E-state index in [0.717, 1.165) is 53.9 Å². The first-order valence-electron chi connectivity index (χ1n) is 11.1. The van der Waals surface area contributed by atoms with E-state index in [4.69, 9.17) is 0 Å². The minimum Gasteiger partial charge on any atom is -0.268 e. The monoisotopic (exact) mass is 436 g/mol. The summed E-state index contributed by atoms with van der Waals surface area (Å²) in [7, 11) is 0. The lowest BCUT2D eigenvalue weighted by molar-refractivity contribution is 1.15. The van der Waals surface area contributed by atoms with E-state index in [1.165, 1.54) is 0 Å². The highest BCUT2D eigenvalue weighted by Crippen LogP contribution is 2.45. The molecule has 6 nitrogen and oxygen atoms in total. The molecule has 0 saturated carbocycles. The van der Waals surface area contributed by atoms with E-state index in [1.54, 1.807) is 33.6 Å². The fourth-order valence-electron chi connectivity index (χ4n) is 6.21. The van der Waals surface area contributed by atoms with Gasteiger partial charge in [0.1, 0.15) is 11.3 Å².